The third-order valence-electron chi connectivity index (χ3n) is 5.36. The van der Waals surface area contributed by atoms with E-state index in [9.17, 15) is 4.39 Å². The number of piperazine rings is 1. The Kier molecular flexibility index (Phi) is 5.37. The molecular formula is C20H24FN5O. The highest BCUT2D eigenvalue weighted by Crippen LogP contribution is 2.25. The lowest BCUT2D eigenvalue weighted by molar-refractivity contribution is -0.0421. The van der Waals surface area contributed by atoms with E-state index in [4.69, 9.17) is 10.00 Å². The minimum Gasteiger partial charge on any atom is -0.367 e. The van der Waals surface area contributed by atoms with Gasteiger partial charge in [-0.1, -0.05) is 0 Å². The molecule has 142 valence electrons. The second-order valence-corrected chi connectivity index (χ2v) is 7.13. The second-order valence-electron chi connectivity index (χ2n) is 7.13. The van der Waals surface area contributed by atoms with Crippen LogP contribution in [0.4, 0.5) is 10.1 Å². The van der Waals surface area contributed by atoms with Crippen molar-refractivity contribution in [1.82, 2.24) is 14.7 Å². The van der Waals surface area contributed by atoms with E-state index in [1.807, 2.05) is 16.9 Å². The molecule has 6 nitrogen and oxygen atoms in total. The van der Waals surface area contributed by atoms with Crippen molar-refractivity contribution < 1.29 is 9.13 Å². The number of aromatic nitrogens is 2. The van der Waals surface area contributed by atoms with Crippen molar-refractivity contribution in [1.29, 1.82) is 5.26 Å². The van der Waals surface area contributed by atoms with Gasteiger partial charge in [0, 0.05) is 45.5 Å². The molecule has 2 aromatic rings. The van der Waals surface area contributed by atoms with Gasteiger partial charge in [0.05, 0.1) is 23.0 Å². The maximum absolute atomic E-state index is 14.3. The van der Waals surface area contributed by atoms with E-state index in [1.54, 1.807) is 12.1 Å². The fourth-order valence-electron chi connectivity index (χ4n) is 3.85. The van der Waals surface area contributed by atoms with Crippen molar-refractivity contribution in [3.05, 3.63) is 47.5 Å². The van der Waals surface area contributed by atoms with Gasteiger partial charge in [0.2, 0.25) is 0 Å². The quantitative estimate of drug-likeness (QED) is 0.829. The lowest BCUT2D eigenvalue weighted by Crippen LogP contribution is -2.46. The maximum atomic E-state index is 14.3. The summed E-state index contributed by atoms with van der Waals surface area (Å²) in [5, 5.41) is 13.4. The molecule has 0 saturated carbocycles. The third-order valence-corrected chi connectivity index (χ3v) is 5.36. The lowest BCUT2D eigenvalue weighted by Gasteiger charge is -2.36. The molecule has 0 aliphatic carbocycles. The van der Waals surface area contributed by atoms with Crippen LogP contribution >= 0.6 is 0 Å². The molecular weight excluding hydrogens is 345 g/mol. The molecule has 27 heavy (non-hydrogen) atoms. The molecule has 1 atom stereocenters. The highest BCUT2D eigenvalue weighted by molar-refractivity contribution is 5.51. The zero-order chi connectivity index (χ0) is 18.6. The van der Waals surface area contributed by atoms with Gasteiger partial charge >= 0.3 is 0 Å². The van der Waals surface area contributed by atoms with Crippen LogP contribution < -0.4 is 4.90 Å². The van der Waals surface area contributed by atoms with Gasteiger partial charge in [0.15, 0.2) is 6.23 Å². The minimum absolute atomic E-state index is 0.0535. The summed E-state index contributed by atoms with van der Waals surface area (Å²) < 4.78 is 22.1. The topological polar surface area (TPSA) is 57.3 Å². The summed E-state index contributed by atoms with van der Waals surface area (Å²) in [6.45, 7) is 4.86. The van der Waals surface area contributed by atoms with Gasteiger partial charge in [-0.2, -0.15) is 10.4 Å². The lowest BCUT2D eigenvalue weighted by atomic mass is 10.1. The normalized spacial score (nSPS) is 21.2. The number of hydrogen-bond acceptors (Lipinski definition) is 5. The molecule has 2 aliphatic heterocycles. The number of hydrogen-bond donors (Lipinski definition) is 0. The van der Waals surface area contributed by atoms with Crippen molar-refractivity contribution >= 4 is 5.69 Å². The first kappa shape index (κ1) is 18.0. The average Bonchev–Trinajstić information content (AvgIpc) is 3.17. The van der Waals surface area contributed by atoms with Crippen LogP contribution in [0.5, 0.6) is 0 Å². The minimum atomic E-state index is -0.324. The van der Waals surface area contributed by atoms with Crippen LogP contribution in [0.1, 0.15) is 36.7 Å². The smallest absolute Gasteiger partial charge is 0.150 e. The summed E-state index contributed by atoms with van der Waals surface area (Å²) in [6.07, 6.45) is 5.22. The van der Waals surface area contributed by atoms with Gasteiger partial charge in [0.1, 0.15) is 5.82 Å². The van der Waals surface area contributed by atoms with Gasteiger partial charge < -0.3 is 9.64 Å². The zero-order valence-corrected chi connectivity index (χ0v) is 15.4. The molecule has 1 aromatic heterocycles. The molecule has 2 fully saturated rings. The van der Waals surface area contributed by atoms with Crippen LogP contribution in [0.2, 0.25) is 0 Å². The van der Waals surface area contributed by atoms with E-state index >= 15 is 0 Å². The van der Waals surface area contributed by atoms with Crippen molar-refractivity contribution in [2.45, 2.75) is 32.0 Å². The summed E-state index contributed by atoms with van der Waals surface area (Å²) in [4.78, 5) is 4.42. The molecule has 0 spiro atoms. The molecule has 0 amide bonds. The van der Waals surface area contributed by atoms with Crippen molar-refractivity contribution in [2.24, 2.45) is 0 Å². The number of benzene rings is 1. The van der Waals surface area contributed by atoms with Gasteiger partial charge in [-0.05, 0) is 43.5 Å². The predicted molar refractivity (Wildman–Crippen MR) is 99.7 cm³/mol. The second kappa shape index (κ2) is 8.07. The Labute approximate surface area is 158 Å². The Bertz CT molecular complexity index is 816. The molecule has 3 heterocycles. The van der Waals surface area contributed by atoms with Gasteiger partial charge in [-0.25, -0.2) is 9.07 Å². The molecule has 2 aliphatic rings. The van der Waals surface area contributed by atoms with Crippen LogP contribution in [0.25, 0.3) is 0 Å². The largest absolute Gasteiger partial charge is 0.367 e. The predicted octanol–water partition coefficient (Wildman–Crippen LogP) is 2.92. The zero-order valence-electron chi connectivity index (χ0n) is 15.4. The summed E-state index contributed by atoms with van der Waals surface area (Å²) in [7, 11) is 0. The first-order valence-corrected chi connectivity index (χ1v) is 9.55. The molecule has 0 radical (unpaired) electrons. The maximum Gasteiger partial charge on any atom is 0.150 e. The van der Waals surface area contributed by atoms with E-state index in [1.165, 1.54) is 18.2 Å². The van der Waals surface area contributed by atoms with Gasteiger partial charge in [0.25, 0.3) is 0 Å². The average molecular weight is 369 g/mol. The highest BCUT2D eigenvalue weighted by atomic mass is 19.1. The Hall–Kier alpha value is -2.43. The molecule has 7 heteroatoms. The summed E-state index contributed by atoms with van der Waals surface area (Å²) in [6, 6.07) is 8.73. The molecule has 0 bridgehead atoms. The van der Waals surface area contributed by atoms with Crippen LogP contribution in [0.3, 0.4) is 0 Å². The standard InChI is InChI=1S/C20H24FN5O/c21-18-13-16(14-22)4-5-19(18)25-10-8-24(9-11-25)15-17-6-7-23-26(17)20-3-1-2-12-27-20/h4-7,13,20H,1-3,8-12,15H2. The van der Waals surface area contributed by atoms with E-state index in [0.717, 1.165) is 52.2 Å². The van der Waals surface area contributed by atoms with E-state index in [0.29, 0.717) is 11.3 Å². The van der Waals surface area contributed by atoms with E-state index in [-0.39, 0.29) is 12.0 Å². The Morgan fingerprint density at radius 1 is 1.19 bits per heavy atom. The van der Waals surface area contributed by atoms with Crippen molar-refractivity contribution in [3.8, 4) is 6.07 Å². The monoisotopic (exact) mass is 369 g/mol. The SMILES string of the molecule is N#Cc1ccc(N2CCN(Cc3ccnn3C3CCCCO3)CC2)c(F)c1. The van der Waals surface area contributed by atoms with E-state index < -0.39 is 0 Å². The number of halogens is 1. The fourth-order valence-corrected chi connectivity index (χ4v) is 3.85. The van der Waals surface area contributed by atoms with E-state index in [2.05, 4.69) is 21.0 Å². The van der Waals surface area contributed by atoms with Crippen molar-refractivity contribution in [2.75, 3.05) is 37.7 Å². The summed E-state index contributed by atoms with van der Waals surface area (Å²) in [5.41, 5.74) is 2.10. The van der Waals surface area contributed by atoms with Crippen LogP contribution in [0, 0.1) is 17.1 Å². The number of rotatable bonds is 4. The molecule has 1 unspecified atom stereocenters. The Morgan fingerprint density at radius 3 is 2.74 bits per heavy atom. The first-order valence-electron chi connectivity index (χ1n) is 9.55. The summed E-state index contributed by atoms with van der Waals surface area (Å²) >= 11 is 0. The highest BCUT2D eigenvalue weighted by Gasteiger charge is 2.23. The molecule has 4 rings (SSSR count). The van der Waals surface area contributed by atoms with Gasteiger partial charge in [-0.15, -0.1) is 0 Å². The first-order chi connectivity index (χ1) is 13.2. The summed E-state index contributed by atoms with van der Waals surface area (Å²) in [5.74, 6) is -0.324. The molecule has 2 saturated heterocycles. The number of anilines is 1. The Balaban J connectivity index is 1.36. The molecule has 0 N–H and O–H groups in total. The fraction of sp³-hybridized carbons (Fsp3) is 0.500. The van der Waals surface area contributed by atoms with Crippen LogP contribution in [-0.2, 0) is 11.3 Å². The van der Waals surface area contributed by atoms with Gasteiger partial charge in [-0.3, -0.25) is 4.90 Å². The number of ether oxygens (including phenoxy) is 1. The molecule has 1 aromatic carbocycles. The van der Waals surface area contributed by atoms with Crippen LogP contribution in [-0.4, -0.2) is 47.5 Å². The third kappa shape index (κ3) is 3.97. The van der Waals surface area contributed by atoms with Crippen molar-refractivity contribution in [3.63, 3.8) is 0 Å². The van der Waals surface area contributed by atoms with Crippen LogP contribution in [0.15, 0.2) is 30.5 Å². The Morgan fingerprint density at radius 2 is 2.04 bits per heavy atom. The number of nitrogens with zero attached hydrogens (tertiary/aromatic N) is 5. The number of nitriles is 1.